The zero-order valence-corrected chi connectivity index (χ0v) is 11.3. The Morgan fingerprint density at radius 3 is 2.53 bits per heavy atom. The first-order valence-corrected chi connectivity index (χ1v) is 6.61. The first kappa shape index (κ1) is 14.5. The fraction of sp³-hybridized carbons (Fsp3) is 0.923. The first-order chi connectivity index (χ1) is 7.91. The number of carbonyl (C=O) groups excluding carboxylic acids is 1. The van der Waals surface area contributed by atoms with Gasteiger partial charge in [0.05, 0.1) is 12.1 Å². The van der Waals surface area contributed by atoms with Gasteiger partial charge < -0.3 is 15.3 Å². The van der Waals surface area contributed by atoms with Gasteiger partial charge in [0.1, 0.15) is 0 Å². The van der Waals surface area contributed by atoms with E-state index in [1.165, 1.54) is 0 Å². The largest absolute Gasteiger partial charge is 0.389 e. The summed E-state index contributed by atoms with van der Waals surface area (Å²) in [6.07, 6.45) is 2.99. The summed E-state index contributed by atoms with van der Waals surface area (Å²) in [5.74, 6) is 0.615. The number of amides is 1. The fourth-order valence-corrected chi connectivity index (χ4v) is 2.47. The lowest BCUT2D eigenvalue weighted by Crippen LogP contribution is -2.43. The second-order valence-electron chi connectivity index (χ2n) is 5.79. The molecule has 0 saturated carbocycles. The van der Waals surface area contributed by atoms with Gasteiger partial charge in [0.15, 0.2) is 0 Å². The van der Waals surface area contributed by atoms with E-state index in [0.29, 0.717) is 19.0 Å². The summed E-state index contributed by atoms with van der Waals surface area (Å²) < 4.78 is 0. The summed E-state index contributed by atoms with van der Waals surface area (Å²) in [5, 5.41) is 13.1. The molecular formula is C13H26N2O2. The minimum absolute atomic E-state index is 0.155. The van der Waals surface area contributed by atoms with Crippen LogP contribution in [0.5, 0.6) is 0 Å². The smallest absolute Gasteiger partial charge is 0.236 e. The van der Waals surface area contributed by atoms with Gasteiger partial charge in [-0.2, -0.15) is 0 Å². The number of nitrogens with zero attached hydrogens (tertiary/aromatic N) is 1. The Bertz CT molecular complexity index is 246. The highest BCUT2D eigenvalue weighted by Gasteiger charge is 2.23. The highest BCUT2D eigenvalue weighted by atomic mass is 16.3. The Labute approximate surface area is 104 Å². The van der Waals surface area contributed by atoms with Crippen LogP contribution in [0.2, 0.25) is 0 Å². The summed E-state index contributed by atoms with van der Waals surface area (Å²) in [4.78, 5) is 13.6. The topological polar surface area (TPSA) is 52.6 Å². The van der Waals surface area contributed by atoms with Crippen LogP contribution in [0.15, 0.2) is 0 Å². The van der Waals surface area contributed by atoms with E-state index in [1.807, 2.05) is 11.8 Å². The van der Waals surface area contributed by atoms with E-state index in [1.54, 1.807) is 0 Å². The quantitative estimate of drug-likeness (QED) is 0.730. The molecule has 1 atom stereocenters. The number of aliphatic hydroxyl groups is 1. The van der Waals surface area contributed by atoms with Crippen molar-refractivity contribution in [3.63, 3.8) is 0 Å². The van der Waals surface area contributed by atoms with E-state index in [9.17, 15) is 9.90 Å². The minimum Gasteiger partial charge on any atom is -0.389 e. The summed E-state index contributed by atoms with van der Waals surface area (Å²) in [6, 6.07) is 0. The molecule has 0 aromatic carbocycles. The van der Waals surface area contributed by atoms with E-state index in [0.717, 1.165) is 32.4 Å². The van der Waals surface area contributed by atoms with E-state index in [4.69, 9.17) is 0 Å². The minimum atomic E-state index is -0.723. The van der Waals surface area contributed by atoms with Crippen LogP contribution in [0.3, 0.4) is 0 Å². The second kappa shape index (κ2) is 6.36. The molecule has 1 aliphatic heterocycles. The molecule has 1 amide bonds. The highest BCUT2D eigenvalue weighted by molar-refractivity contribution is 5.78. The third kappa shape index (κ3) is 5.50. The maximum absolute atomic E-state index is 11.7. The van der Waals surface area contributed by atoms with Gasteiger partial charge in [-0.15, -0.1) is 0 Å². The normalized spacial score (nSPS) is 19.7. The van der Waals surface area contributed by atoms with Crippen molar-refractivity contribution in [2.75, 3.05) is 26.2 Å². The molecule has 0 radical (unpaired) electrons. The van der Waals surface area contributed by atoms with Crippen molar-refractivity contribution in [3.8, 4) is 0 Å². The summed E-state index contributed by atoms with van der Waals surface area (Å²) in [5.41, 5.74) is -0.723. The number of rotatable bonds is 6. The Hall–Kier alpha value is -0.610. The van der Waals surface area contributed by atoms with Crippen molar-refractivity contribution < 1.29 is 9.90 Å². The summed E-state index contributed by atoms with van der Waals surface area (Å²) in [7, 11) is 0. The molecular weight excluding hydrogens is 216 g/mol. The van der Waals surface area contributed by atoms with Crippen molar-refractivity contribution in [3.05, 3.63) is 0 Å². The average Bonchev–Trinajstić information content (AvgIpc) is 2.67. The van der Waals surface area contributed by atoms with Gasteiger partial charge in [-0.3, -0.25) is 4.79 Å². The van der Waals surface area contributed by atoms with Crippen molar-refractivity contribution in [2.45, 2.75) is 45.6 Å². The first-order valence-electron chi connectivity index (χ1n) is 6.61. The Morgan fingerprint density at radius 1 is 1.41 bits per heavy atom. The Balaban J connectivity index is 2.20. The molecule has 17 heavy (non-hydrogen) atoms. The van der Waals surface area contributed by atoms with Gasteiger partial charge in [0, 0.05) is 19.6 Å². The van der Waals surface area contributed by atoms with Gasteiger partial charge >= 0.3 is 0 Å². The SMILES string of the molecule is CC(C)CC(C)(O)CNCC(=O)N1CCCC1. The lowest BCUT2D eigenvalue weighted by molar-refractivity contribution is -0.129. The molecule has 1 saturated heterocycles. The van der Waals surface area contributed by atoms with E-state index in [2.05, 4.69) is 19.2 Å². The van der Waals surface area contributed by atoms with E-state index >= 15 is 0 Å². The molecule has 4 nitrogen and oxygen atoms in total. The van der Waals surface area contributed by atoms with Crippen LogP contribution < -0.4 is 5.32 Å². The number of hydrogen-bond acceptors (Lipinski definition) is 3. The van der Waals surface area contributed by atoms with Crippen molar-refractivity contribution in [1.82, 2.24) is 10.2 Å². The Kier molecular flexibility index (Phi) is 5.40. The van der Waals surface area contributed by atoms with E-state index in [-0.39, 0.29) is 5.91 Å². The number of hydrogen-bond donors (Lipinski definition) is 2. The number of carbonyl (C=O) groups is 1. The lowest BCUT2D eigenvalue weighted by atomic mass is 9.94. The van der Waals surface area contributed by atoms with Crippen LogP contribution in [0.1, 0.15) is 40.0 Å². The summed E-state index contributed by atoms with van der Waals surface area (Å²) >= 11 is 0. The number of likely N-dealkylation sites (tertiary alicyclic amines) is 1. The molecule has 100 valence electrons. The molecule has 1 fully saturated rings. The fourth-order valence-electron chi connectivity index (χ4n) is 2.47. The second-order valence-corrected chi connectivity index (χ2v) is 5.79. The lowest BCUT2D eigenvalue weighted by Gasteiger charge is -2.26. The molecule has 1 unspecified atom stereocenters. The molecule has 0 bridgehead atoms. The monoisotopic (exact) mass is 242 g/mol. The third-order valence-corrected chi connectivity index (χ3v) is 3.09. The predicted octanol–water partition coefficient (Wildman–Crippen LogP) is 0.995. The molecule has 1 aliphatic rings. The molecule has 4 heteroatoms. The van der Waals surface area contributed by atoms with Gasteiger partial charge in [0.25, 0.3) is 0 Å². The van der Waals surface area contributed by atoms with Crippen LogP contribution >= 0.6 is 0 Å². The van der Waals surface area contributed by atoms with Crippen molar-refractivity contribution in [1.29, 1.82) is 0 Å². The standard InChI is InChI=1S/C13H26N2O2/c1-11(2)8-13(3,17)10-14-9-12(16)15-6-4-5-7-15/h11,14,17H,4-10H2,1-3H3. The van der Waals surface area contributed by atoms with Crippen LogP contribution in [0, 0.1) is 5.92 Å². The molecule has 1 heterocycles. The van der Waals surface area contributed by atoms with Crippen LogP contribution in [-0.2, 0) is 4.79 Å². The molecule has 0 aromatic rings. The number of nitrogens with one attached hydrogen (secondary N) is 1. The third-order valence-electron chi connectivity index (χ3n) is 3.09. The Morgan fingerprint density at radius 2 is 2.00 bits per heavy atom. The summed E-state index contributed by atoms with van der Waals surface area (Å²) in [6.45, 7) is 8.60. The highest BCUT2D eigenvalue weighted by Crippen LogP contribution is 2.15. The predicted molar refractivity (Wildman–Crippen MR) is 68.8 cm³/mol. The van der Waals surface area contributed by atoms with E-state index < -0.39 is 5.60 Å². The molecule has 0 aromatic heterocycles. The molecule has 1 rings (SSSR count). The maximum atomic E-state index is 11.7. The van der Waals surface area contributed by atoms with Crippen LogP contribution in [0.25, 0.3) is 0 Å². The average molecular weight is 242 g/mol. The van der Waals surface area contributed by atoms with Crippen LogP contribution in [-0.4, -0.2) is 47.7 Å². The zero-order chi connectivity index (χ0) is 12.9. The maximum Gasteiger partial charge on any atom is 0.236 e. The van der Waals surface area contributed by atoms with Gasteiger partial charge in [0.2, 0.25) is 5.91 Å². The van der Waals surface area contributed by atoms with Crippen LogP contribution in [0.4, 0.5) is 0 Å². The van der Waals surface area contributed by atoms with Gasteiger partial charge in [-0.1, -0.05) is 13.8 Å². The molecule has 0 aliphatic carbocycles. The molecule has 2 N–H and O–H groups in total. The van der Waals surface area contributed by atoms with Gasteiger partial charge in [-0.25, -0.2) is 0 Å². The molecule has 0 spiro atoms. The van der Waals surface area contributed by atoms with Gasteiger partial charge in [-0.05, 0) is 32.1 Å². The van der Waals surface area contributed by atoms with Crippen molar-refractivity contribution >= 4 is 5.91 Å². The zero-order valence-electron chi connectivity index (χ0n) is 11.3. The van der Waals surface area contributed by atoms with Crippen molar-refractivity contribution in [2.24, 2.45) is 5.92 Å².